The summed E-state index contributed by atoms with van der Waals surface area (Å²) < 4.78 is 5.01. The fraction of sp³-hybridized carbons (Fsp3) is 0.667. The summed E-state index contributed by atoms with van der Waals surface area (Å²) in [7, 11) is -1.67. The number of carbonyl (C=O) groups is 2. The Bertz CT molecular complexity index is 592. The van der Waals surface area contributed by atoms with Gasteiger partial charge in [0, 0.05) is 0 Å². The molecule has 0 radical (unpaired) electrons. The molecule has 1 saturated heterocycles. The van der Waals surface area contributed by atoms with E-state index in [1.165, 1.54) is 5.57 Å². The predicted molar refractivity (Wildman–Crippen MR) is 88.8 cm³/mol. The molecule has 3 rings (SSSR count). The Kier molecular flexibility index (Phi) is 3.51. The fourth-order valence-electron chi connectivity index (χ4n) is 3.81. The first-order valence-electron chi connectivity index (χ1n) is 8.30. The maximum Gasteiger partial charge on any atom is 0.321 e. The van der Waals surface area contributed by atoms with Gasteiger partial charge in [0.05, 0.1) is 19.9 Å². The Morgan fingerprint density at radius 1 is 1.23 bits per heavy atom. The van der Waals surface area contributed by atoms with Crippen molar-refractivity contribution in [2.75, 3.05) is 0 Å². The zero-order chi connectivity index (χ0) is 16.3. The van der Waals surface area contributed by atoms with Gasteiger partial charge in [0.25, 0.3) is 0 Å². The average molecular weight is 318 g/mol. The van der Waals surface area contributed by atoms with E-state index in [4.69, 9.17) is 4.74 Å². The summed E-state index contributed by atoms with van der Waals surface area (Å²) in [5.74, 6) is -1.00. The zero-order valence-corrected chi connectivity index (χ0v) is 15.2. The number of allylic oxidation sites excluding steroid dienone is 2. The molecule has 1 saturated carbocycles. The topological polar surface area (TPSA) is 43.4 Å². The van der Waals surface area contributed by atoms with Crippen LogP contribution in [-0.2, 0) is 14.3 Å². The highest BCUT2D eigenvalue weighted by molar-refractivity contribution is 6.84. The molecule has 0 bridgehead atoms. The molecule has 3 aliphatic rings. The van der Waals surface area contributed by atoms with Crippen LogP contribution in [-0.4, -0.2) is 20.0 Å². The standard InChI is InChI=1S/C18H26O3Si/c1-18(2,3)22(4,5)10-12-9-11-7-6-8-13(11)15-14(12)16(19)21-17(15)20/h9-10,13-15H,6-8H2,1-5H3/b12-10-/t13-,14+,15-/m1/s1. The second-order valence-electron chi connectivity index (χ2n) is 8.58. The van der Waals surface area contributed by atoms with Gasteiger partial charge in [-0.25, -0.2) is 0 Å². The highest BCUT2D eigenvalue weighted by Gasteiger charge is 2.54. The van der Waals surface area contributed by atoms with Crippen LogP contribution in [0.4, 0.5) is 0 Å². The molecule has 22 heavy (non-hydrogen) atoms. The highest BCUT2D eigenvalue weighted by Crippen LogP contribution is 2.50. The van der Waals surface area contributed by atoms with E-state index >= 15 is 0 Å². The molecule has 120 valence electrons. The number of fused-ring (bicyclic) bond motifs is 3. The minimum Gasteiger partial charge on any atom is -0.392 e. The summed E-state index contributed by atoms with van der Waals surface area (Å²) in [5, 5.41) is 0.215. The Labute approximate surface area is 133 Å². The molecule has 4 heteroatoms. The molecule has 3 atom stereocenters. The van der Waals surface area contributed by atoms with Crippen molar-refractivity contribution in [3.8, 4) is 0 Å². The molecule has 0 spiro atoms. The van der Waals surface area contributed by atoms with E-state index in [0.717, 1.165) is 24.8 Å². The van der Waals surface area contributed by atoms with Crippen LogP contribution in [0.5, 0.6) is 0 Å². The lowest BCUT2D eigenvalue weighted by Gasteiger charge is -2.36. The molecule has 0 aromatic heterocycles. The van der Waals surface area contributed by atoms with E-state index in [-0.39, 0.29) is 34.7 Å². The highest BCUT2D eigenvalue weighted by atomic mass is 28.3. The molecular formula is C18H26O3Si. The molecular weight excluding hydrogens is 292 g/mol. The molecule has 2 aliphatic carbocycles. The Morgan fingerprint density at radius 3 is 2.55 bits per heavy atom. The molecule has 0 N–H and O–H groups in total. The molecule has 1 aliphatic heterocycles. The van der Waals surface area contributed by atoms with Crippen LogP contribution in [0.15, 0.2) is 22.9 Å². The number of hydrogen-bond donors (Lipinski definition) is 0. The normalized spacial score (nSPS) is 33.6. The Hall–Kier alpha value is -1.16. The number of carbonyl (C=O) groups excluding carboxylic acids is 2. The maximum atomic E-state index is 12.3. The smallest absolute Gasteiger partial charge is 0.321 e. The summed E-state index contributed by atoms with van der Waals surface area (Å²) in [6.45, 7) is 11.5. The van der Waals surface area contributed by atoms with Gasteiger partial charge in [-0.2, -0.15) is 0 Å². The van der Waals surface area contributed by atoms with Crippen molar-refractivity contribution in [3.05, 3.63) is 22.9 Å². The van der Waals surface area contributed by atoms with Crippen LogP contribution in [0.2, 0.25) is 18.1 Å². The third-order valence-corrected chi connectivity index (χ3v) is 11.1. The van der Waals surface area contributed by atoms with Gasteiger partial charge in [-0.3, -0.25) is 9.59 Å². The van der Waals surface area contributed by atoms with Crippen molar-refractivity contribution in [2.45, 2.75) is 58.2 Å². The summed E-state index contributed by atoms with van der Waals surface area (Å²) in [6.07, 6.45) is 5.42. The summed E-state index contributed by atoms with van der Waals surface area (Å²) in [5.41, 5.74) is 4.75. The van der Waals surface area contributed by atoms with Crippen LogP contribution >= 0.6 is 0 Å². The summed E-state index contributed by atoms with van der Waals surface area (Å²) in [4.78, 5) is 24.4. The van der Waals surface area contributed by atoms with Crippen molar-refractivity contribution in [3.63, 3.8) is 0 Å². The third kappa shape index (κ3) is 2.32. The quantitative estimate of drug-likeness (QED) is 0.417. The minimum atomic E-state index is -1.67. The number of esters is 2. The van der Waals surface area contributed by atoms with E-state index in [1.54, 1.807) is 0 Å². The van der Waals surface area contributed by atoms with Crippen LogP contribution in [0.3, 0.4) is 0 Å². The van der Waals surface area contributed by atoms with Gasteiger partial charge in [0.1, 0.15) is 0 Å². The van der Waals surface area contributed by atoms with E-state index in [9.17, 15) is 9.59 Å². The molecule has 0 amide bonds. The monoisotopic (exact) mass is 318 g/mol. The second kappa shape index (κ2) is 4.92. The minimum absolute atomic E-state index is 0.215. The van der Waals surface area contributed by atoms with Crippen LogP contribution in [0, 0.1) is 17.8 Å². The van der Waals surface area contributed by atoms with Crippen molar-refractivity contribution in [2.24, 2.45) is 17.8 Å². The molecule has 1 heterocycles. The number of ether oxygens (including phenoxy) is 1. The maximum absolute atomic E-state index is 12.3. The van der Waals surface area contributed by atoms with E-state index < -0.39 is 8.07 Å². The number of hydrogen-bond acceptors (Lipinski definition) is 3. The van der Waals surface area contributed by atoms with E-state index in [2.05, 4.69) is 45.6 Å². The van der Waals surface area contributed by atoms with Gasteiger partial charge in [-0.05, 0) is 35.8 Å². The molecule has 0 unspecified atom stereocenters. The lowest BCUT2D eigenvalue weighted by molar-refractivity contribution is -0.153. The van der Waals surface area contributed by atoms with Gasteiger partial charge in [0.15, 0.2) is 0 Å². The first kappa shape index (κ1) is 15.7. The Balaban J connectivity index is 2.08. The molecule has 2 fully saturated rings. The van der Waals surface area contributed by atoms with Crippen LogP contribution in [0.25, 0.3) is 0 Å². The van der Waals surface area contributed by atoms with Crippen molar-refractivity contribution < 1.29 is 14.3 Å². The largest absolute Gasteiger partial charge is 0.392 e. The first-order valence-corrected chi connectivity index (χ1v) is 11.4. The molecule has 3 nitrogen and oxygen atoms in total. The average Bonchev–Trinajstić information content (AvgIpc) is 2.92. The second-order valence-corrected chi connectivity index (χ2v) is 13.8. The van der Waals surface area contributed by atoms with E-state index in [1.807, 2.05) is 0 Å². The van der Waals surface area contributed by atoms with Crippen molar-refractivity contribution in [1.29, 1.82) is 0 Å². The molecule has 0 aromatic carbocycles. The zero-order valence-electron chi connectivity index (χ0n) is 14.2. The van der Waals surface area contributed by atoms with Gasteiger partial charge in [0.2, 0.25) is 0 Å². The predicted octanol–water partition coefficient (Wildman–Crippen LogP) is 4.02. The van der Waals surface area contributed by atoms with Crippen LogP contribution < -0.4 is 0 Å². The van der Waals surface area contributed by atoms with Gasteiger partial charge < -0.3 is 4.74 Å². The van der Waals surface area contributed by atoms with Gasteiger partial charge in [-0.1, -0.05) is 51.2 Å². The number of rotatable bonds is 1. The van der Waals surface area contributed by atoms with E-state index in [0.29, 0.717) is 0 Å². The summed E-state index contributed by atoms with van der Waals surface area (Å²) in [6, 6.07) is 0. The van der Waals surface area contributed by atoms with Gasteiger partial charge >= 0.3 is 11.9 Å². The number of cyclic esters (lactones) is 2. The van der Waals surface area contributed by atoms with Crippen LogP contribution in [0.1, 0.15) is 40.0 Å². The lowest BCUT2D eigenvalue weighted by Crippen LogP contribution is -2.38. The lowest BCUT2D eigenvalue weighted by atomic mass is 9.72. The molecule has 0 aromatic rings. The van der Waals surface area contributed by atoms with Crippen molar-refractivity contribution >= 4 is 20.0 Å². The van der Waals surface area contributed by atoms with Gasteiger partial charge in [-0.15, -0.1) is 0 Å². The fourth-order valence-corrected chi connectivity index (χ4v) is 5.34. The summed E-state index contributed by atoms with van der Waals surface area (Å²) >= 11 is 0. The first-order chi connectivity index (χ1) is 10.1. The third-order valence-electron chi connectivity index (χ3n) is 6.15. The SMILES string of the molecule is CC(C)(C)[Si](C)(C)/C=C1/C=C2CCC[C@H]2[C@H]2C(=O)OC(=O)[C@@H]12. The van der Waals surface area contributed by atoms with Crippen molar-refractivity contribution in [1.82, 2.24) is 0 Å². The Morgan fingerprint density at radius 2 is 1.91 bits per heavy atom.